The first-order valence-electron chi connectivity index (χ1n) is 9.76. The van der Waals surface area contributed by atoms with Crippen LogP contribution in [0.2, 0.25) is 0 Å². The molecule has 0 spiro atoms. The van der Waals surface area contributed by atoms with Crippen LogP contribution in [-0.4, -0.2) is 72.2 Å². The van der Waals surface area contributed by atoms with E-state index in [-0.39, 0.29) is 24.3 Å². The Labute approximate surface area is 185 Å². The Balaban J connectivity index is 1.95. The van der Waals surface area contributed by atoms with Crippen molar-refractivity contribution >= 4 is 45.6 Å². The van der Waals surface area contributed by atoms with Crippen LogP contribution in [-0.2, 0) is 23.9 Å². The van der Waals surface area contributed by atoms with Gasteiger partial charge in [0.15, 0.2) is 5.41 Å². The Kier molecular flexibility index (Phi) is 4.90. The van der Waals surface area contributed by atoms with Crippen molar-refractivity contribution in [2.45, 2.75) is 39.3 Å². The smallest absolute Gasteiger partial charge is 0.352 e. The number of ether oxygens (including phenoxy) is 1. The van der Waals surface area contributed by atoms with Gasteiger partial charge in [0.2, 0.25) is 5.91 Å². The molecule has 0 aromatic carbocycles. The third-order valence-electron chi connectivity index (χ3n) is 6.40. The van der Waals surface area contributed by atoms with Gasteiger partial charge in [-0.2, -0.15) is 0 Å². The standard InChI is InChI=1S/C20H21N3O8S/c1-9(24)20(18(29)30)16-19(3,4-5-31-10(2)25)13(14(15(26)27)23(16)17(20)28)11-7-22-8-21-6-12(22)32-11/h6-9,16,24H,4-5H2,1-3H3,(H,26,27)(H,29,30)/t9?,16-,19+,20-/m1/s1. The predicted octanol–water partition coefficient (Wildman–Crippen LogP) is 0.827. The number of amides is 1. The van der Waals surface area contributed by atoms with Gasteiger partial charge in [-0.3, -0.25) is 23.7 Å². The first kappa shape index (κ1) is 22.0. The van der Waals surface area contributed by atoms with Crippen LogP contribution in [0.15, 0.2) is 24.4 Å². The number of rotatable bonds is 7. The summed E-state index contributed by atoms with van der Waals surface area (Å²) in [5.41, 5.74) is -3.55. The van der Waals surface area contributed by atoms with E-state index in [1.165, 1.54) is 25.2 Å². The number of imidazole rings is 1. The minimum absolute atomic E-state index is 0.0416. The van der Waals surface area contributed by atoms with Crippen molar-refractivity contribution < 1.29 is 39.2 Å². The van der Waals surface area contributed by atoms with Crippen LogP contribution < -0.4 is 0 Å². The molecule has 2 aliphatic rings. The predicted molar refractivity (Wildman–Crippen MR) is 109 cm³/mol. The average Bonchev–Trinajstić information content (AvgIpc) is 3.31. The van der Waals surface area contributed by atoms with Crippen molar-refractivity contribution in [2.75, 3.05) is 6.61 Å². The number of aliphatic carboxylic acids is 2. The number of aliphatic hydroxyl groups excluding tert-OH is 1. The SMILES string of the molecule is CC(=O)OCC[C@@]1(C)C(c2cn3cncc3s2)=C(C(=O)O)N2C(=O)[C@@](C(=O)O)(C(C)O)[C@H]21. The van der Waals surface area contributed by atoms with Gasteiger partial charge in [0.25, 0.3) is 0 Å². The summed E-state index contributed by atoms with van der Waals surface area (Å²) in [5, 5.41) is 30.5. The molecule has 1 amide bonds. The van der Waals surface area contributed by atoms with Crippen LogP contribution in [0, 0.1) is 10.8 Å². The van der Waals surface area contributed by atoms with Crippen LogP contribution in [0.25, 0.3) is 10.4 Å². The quantitative estimate of drug-likeness (QED) is 0.307. The van der Waals surface area contributed by atoms with E-state index in [1.807, 2.05) is 0 Å². The molecule has 2 aromatic heterocycles. The fraction of sp³-hybridized carbons (Fsp3) is 0.450. The van der Waals surface area contributed by atoms with Crippen LogP contribution in [0.3, 0.4) is 0 Å². The number of hydrogen-bond donors (Lipinski definition) is 3. The van der Waals surface area contributed by atoms with Gasteiger partial charge in [0, 0.05) is 24.1 Å². The first-order chi connectivity index (χ1) is 15.0. The van der Waals surface area contributed by atoms with E-state index in [2.05, 4.69) is 4.98 Å². The van der Waals surface area contributed by atoms with E-state index in [1.54, 1.807) is 30.0 Å². The number of hydrogen-bond acceptors (Lipinski definition) is 8. The zero-order valence-corrected chi connectivity index (χ0v) is 18.3. The molecule has 4 atom stereocenters. The number of carboxylic acid groups (broad SMARTS) is 2. The fourth-order valence-electron chi connectivity index (χ4n) is 5.04. The molecule has 170 valence electrons. The number of β-lactam (4-membered cyclic amide) rings is 1. The number of carbonyl (C=O) groups is 4. The van der Waals surface area contributed by atoms with Crippen LogP contribution in [0.4, 0.5) is 0 Å². The Morgan fingerprint density at radius 2 is 2.03 bits per heavy atom. The molecule has 2 aromatic rings. The Bertz CT molecular complexity index is 1170. The van der Waals surface area contributed by atoms with Crippen LogP contribution >= 0.6 is 11.3 Å². The third kappa shape index (κ3) is 2.65. The largest absolute Gasteiger partial charge is 0.480 e. The van der Waals surface area contributed by atoms with Gasteiger partial charge in [-0.25, -0.2) is 9.78 Å². The van der Waals surface area contributed by atoms with E-state index in [4.69, 9.17) is 4.74 Å². The van der Waals surface area contributed by atoms with Crippen molar-refractivity contribution in [2.24, 2.45) is 10.8 Å². The summed E-state index contributed by atoms with van der Waals surface area (Å²) in [4.78, 5) is 55.3. The van der Waals surface area contributed by atoms with Gasteiger partial charge in [-0.05, 0) is 13.3 Å². The van der Waals surface area contributed by atoms with E-state index in [0.717, 1.165) is 9.73 Å². The second kappa shape index (κ2) is 7.14. The summed E-state index contributed by atoms with van der Waals surface area (Å²) in [5.74, 6) is -4.46. The van der Waals surface area contributed by atoms with Crippen molar-refractivity contribution in [3.8, 4) is 0 Å². The Morgan fingerprint density at radius 1 is 1.34 bits per heavy atom. The topological polar surface area (TPSA) is 159 Å². The molecule has 2 aliphatic heterocycles. The Morgan fingerprint density at radius 3 is 2.56 bits per heavy atom. The molecule has 11 nitrogen and oxygen atoms in total. The number of aliphatic hydroxyl groups is 1. The second-order valence-electron chi connectivity index (χ2n) is 8.20. The van der Waals surface area contributed by atoms with Crippen molar-refractivity contribution in [1.82, 2.24) is 14.3 Å². The number of fused-ring (bicyclic) bond motifs is 2. The molecule has 1 fully saturated rings. The van der Waals surface area contributed by atoms with Gasteiger partial charge in [-0.1, -0.05) is 6.92 Å². The number of carboxylic acids is 2. The summed E-state index contributed by atoms with van der Waals surface area (Å²) < 4.78 is 6.77. The number of esters is 1. The highest BCUT2D eigenvalue weighted by Crippen LogP contribution is 2.64. The highest BCUT2D eigenvalue weighted by Gasteiger charge is 2.78. The Hall–Kier alpha value is -3.25. The minimum atomic E-state index is -2.23. The van der Waals surface area contributed by atoms with Crippen molar-refractivity contribution in [3.63, 3.8) is 0 Å². The maximum Gasteiger partial charge on any atom is 0.352 e. The fourth-order valence-corrected chi connectivity index (χ4v) is 6.18. The van der Waals surface area contributed by atoms with E-state index in [0.29, 0.717) is 4.88 Å². The second-order valence-corrected chi connectivity index (χ2v) is 9.26. The van der Waals surface area contributed by atoms with E-state index >= 15 is 0 Å². The summed E-state index contributed by atoms with van der Waals surface area (Å²) in [6.45, 7) is 3.94. The number of carbonyl (C=O) groups excluding carboxylic acids is 2. The molecule has 0 aliphatic carbocycles. The first-order valence-corrected chi connectivity index (χ1v) is 10.6. The lowest BCUT2D eigenvalue weighted by atomic mass is 9.57. The summed E-state index contributed by atoms with van der Waals surface area (Å²) in [7, 11) is 0. The molecular weight excluding hydrogens is 442 g/mol. The number of nitrogens with zero attached hydrogens (tertiary/aromatic N) is 3. The minimum Gasteiger partial charge on any atom is -0.480 e. The molecule has 12 heteroatoms. The lowest BCUT2D eigenvalue weighted by molar-refractivity contribution is -0.203. The lowest BCUT2D eigenvalue weighted by Crippen LogP contribution is -2.77. The van der Waals surface area contributed by atoms with Crippen LogP contribution in [0.5, 0.6) is 0 Å². The zero-order valence-electron chi connectivity index (χ0n) is 17.4. The van der Waals surface area contributed by atoms with Crippen molar-refractivity contribution in [1.29, 1.82) is 0 Å². The van der Waals surface area contributed by atoms with Gasteiger partial charge < -0.3 is 20.1 Å². The van der Waals surface area contributed by atoms with Crippen LogP contribution in [0.1, 0.15) is 32.1 Å². The monoisotopic (exact) mass is 463 g/mol. The molecule has 32 heavy (non-hydrogen) atoms. The van der Waals surface area contributed by atoms with Gasteiger partial charge in [0.05, 0.1) is 36.2 Å². The maximum atomic E-state index is 13.1. The van der Waals surface area contributed by atoms with E-state index < -0.39 is 46.8 Å². The van der Waals surface area contributed by atoms with Gasteiger partial charge >= 0.3 is 17.9 Å². The number of thiazole rings is 1. The highest BCUT2D eigenvalue weighted by atomic mass is 32.1. The zero-order chi connectivity index (χ0) is 23.6. The van der Waals surface area contributed by atoms with Gasteiger partial charge in [0.1, 0.15) is 10.5 Å². The number of aromatic nitrogens is 2. The van der Waals surface area contributed by atoms with Gasteiger partial charge in [-0.15, -0.1) is 11.3 Å². The summed E-state index contributed by atoms with van der Waals surface area (Å²) >= 11 is 1.24. The molecule has 0 radical (unpaired) electrons. The molecule has 1 unspecified atom stereocenters. The highest BCUT2D eigenvalue weighted by molar-refractivity contribution is 7.18. The molecule has 4 rings (SSSR count). The molecule has 3 N–H and O–H groups in total. The summed E-state index contributed by atoms with van der Waals surface area (Å²) in [6, 6.07) is -1.18. The third-order valence-corrected chi connectivity index (χ3v) is 7.46. The molecule has 0 saturated carbocycles. The molecular formula is C20H21N3O8S. The average molecular weight is 463 g/mol. The maximum absolute atomic E-state index is 13.1. The lowest BCUT2D eigenvalue weighted by Gasteiger charge is -2.56. The van der Waals surface area contributed by atoms with E-state index in [9.17, 15) is 34.5 Å². The summed E-state index contributed by atoms with van der Waals surface area (Å²) in [6.07, 6.45) is 3.26. The molecule has 1 saturated heterocycles. The molecule has 0 bridgehead atoms. The normalized spacial score (nSPS) is 27.9. The molecule has 4 heterocycles. The van der Waals surface area contributed by atoms with Crippen molar-refractivity contribution in [3.05, 3.63) is 29.3 Å².